The van der Waals surface area contributed by atoms with Crippen molar-refractivity contribution in [3.8, 4) is 5.75 Å². The minimum absolute atomic E-state index is 0.0580. The number of halogens is 1. The number of rotatable bonds is 7. The first-order valence-electron chi connectivity index (χ1n) is 12.3. The molecule has 13 heteroatoms. The number of Topliss-reactive ketones (excluding diaryl/α,β-unsaturated/α-hetero) is 1. The minimum Gasteiger partial charge on any atom is -0.495 e. The van der Waals surface area contributed by atoms with Crippen LogP contribution < -0.4 is 10.5 Å². The van der Waals surface area contributed by atoms with Gasteiger partial charge in [-0.2, -0.15) is 0 Å². The molecule has 0 radical (unpaired) electrons. The highest BCUT2D eigenvalue weighted by Crippen LogP contribution is 2.51. The summed E-state index contributed by atoms with van der Waals surface area (Å²) in [7, 11) is -1.18. The van der Waals surface area contributed by atoms with E-state index < -0.39 is 26.1 Å². The zero-order valence-corrected chi connectivity index (χ0v) is 23.4. The summed E-state index contributed by atoms with van der Waals surface area (Å²) in [5.74, 6) is -0.591. The zero-order chi connectivity index (χ0) is 28.0. The van der Waals surface area contributed by atoms with E-state index in [0.717, 1.165) is 10.00 Å². The minimum atomic E-state index is -4.06. The molecule has 1 fully saturated rings. The second-order valence-corrected chi connectivity index (χ2v) is 12.9. The van der Waals surface area contributed by atoms with Gasteiger partial charge in [0.05, 0.1) is 24.5 Å². The van der Waals surface area contributed by atoms with Crippen LogP contribution in [0.5, 0.6) is 5.75 Å². The first-order valence-corrected chi connectivity index (χ1v) is 14.6. The third kappa shape index (κ3) is 4.47. The van der Waals surface area contributed by atoms with E-state index >= 15 is 4.39 Å². The number of sulfonamides is 1. The van der Waals surface area contributed by atoms with Crippen molar-refractivity contribution in [2.45, 2.75) is 36.6 Å². The van der Waals surface area contributed by atoms with Crippen molar-refractivity contribution in [3.63, 3.8) is 0 Å². The van der Waals surface area contributed by atoms with Crippen molar-refractivity contribution in [3.05, 3.63) is 75.8 Å². The van der Waals surface area contributed by atoms with Crippen LogP contribution in [0.1, 0.15) is 40.7 Å². The zero-order valence-electron chi connectivity index (χ0n) is 21.8. The Morgan fingerprint density at radius 1 is 1.26 bits per heavy atom. The van der Waals surface area contributed by atoms with E-state index in [0.29, 0.717) is 24.4 Å². The van der Waals surface area contributed by atoms with Crippen molar-refractivity contribution < 1.29 is 22.3 Å². The molecule has 1 aromatic carbocycles. The highest BCUT2D eigenvalue weighted by molar-refractivity contribution is 7.91. The van der Waals surface area contributed by atoms with Gasteiger partial charge in [-0.1, -0.05) is 6.07 Å². The van der Waals surface area contributed by atoms with Crippen molar-refractivity contribution in [2.24, 2.45) is 10.7 Å². The highest BCUT2D eigenvalue weighted by Gasteiger charge is 2.66. The number of carbonyl (C=O) groups excluding carboxylic acids is 1. The number of benzene rings is 1. The molecule has 1 saturated heterocycles. The Balaban J connectivity index is 1.54. The number of hydrogen-bond donors (Lipinski definition) is 1. The van der Waals surface area contributed by atoms with Crippen molar-refractivity contribution in [2.75, 3.05) is 27.2 Å². The summed E-state index contributed by atoms with van der Waals surface area (Å²) in [6.45, 7) is 2.65. The first kappa shape index (κ1) is 27.2. The predicted molar refractivity (Wildman–Crippen MR) is 146 cm³/mol. The third-order valence-electron chi connectivity index (χ3n) is 7.76. The molecule has 2 aliphatic heterocycles. The summed E-state index contributed by atoms with van der Waals surface area (Å²) in [4.78, 5) is 28.0. The maximum absolute atomic E-state index is 15.6. The van der Waals surface area contributed by atoms with E-state index in [1.165, 1.54) is 49.9 Å². The van der Waals surface area contributed by atoms with Gasteiger partial charge >= 0.3 is 0 Å². The highest BCUT2D eigenvalue weighted by atomic mass is 32.2. The van der Waals surface area contributed by atoms with Gasteiger partial charge in [0.25, 0.3) is 0 Å². The van der Waals surface area contributed by atoms with E-state index in [9.17, 15) is 13.2 Å². The number of hydrogen-bond acceptors (Lipinski definition) is 10. The standard InChI is InChI=1S/C26H29FN6O4S2/c1-25(20-10-17(4-6-21(20)27)11-23(34)22-7-5-19(37-3)12-29-22)26(39(35,36)32(2)24(28)31-25)8-9-33(15-26)13-18-14-38-16-30-18/h4-7,10,12,14,16H,8-9,11,13,15H2,1-3H3,(H2,28,31)/t25-,26-/m1/s1. The number of methoxy groups -OCH3 is 1. The molecule has 2 aliphatic rings. The van der Waals surface area contributed by atoms with E-state index in [-0.39, 0.29) is 42.4 Å². The molecular weight excluding hydrogens is 543 g/mol. The third-order valence-corrected chi connectivity index (χ3v) is 11.0. The average Bonchev–Trinajstić information content (AvgIpc) is 3.60. The summed E-state index contributed by atoms with van der Waals surface area (Å²) in [6.07, 6.45) is 1.61. The molecule has 10 nitrogen and oxygen atoms in total. The molecule has 0 bridgehead atoms. The molecule has 5 rings (SSSR count). The number of nitrogens with zero attached hydrogens (tertiary/aromatic N) is 5. The number of carbonyl (C=O) groups is 1. The molecule has 2 aromatic heterocycles. The van der Waals surface area contributed by atoms with Gasteiger partial charge in [-0.05, 0) is 43.2 Å². The molecule has 0 aliphatic carbocycles. The van der Waals surface area contributed by atoms with Crippen molar-refractivity contribution >= 4 is 33.1 Å². The van der Waals surface area contributed by atoms with Crippen molar-refractivity contribution in [1.29, 1.82) is 0 Å². The number of aromatic nitrogens is 2. The number of nitrogens with two attached hydrogens (primary N) is 1. The van der Waals surface area contributed by atoms with E-state index in [1.54, 1.807) is 24.6 Å². The molecule has 0 amide bonds. The van der Waals surface area contributed by atoms with Crippen LogP contribution in [-0.2, 0) is 28.5 Å². The Hall–Kier alpha value is -3.42. The molecule has 206 valence electrons. The number of ether oxygens (including phenoxy) is 1. The van der Waals surface area contributed by atoms with Gasteiger partial charge < -0.3 is 10.5 Å². The molecular formula is C26H29FN6O4S2. The SMILES string of the molecule is COc1ccc(C(=O)Cc2ccc(F)c([C@@]3(C)N=C(N)N(C)S(=O)(=O)[C@@]34CCN(Cc3cscn3)C4)c2)nc1. The van der Waals surface area contributed by atoms with Crippen LogP contribution in [0, 0.1) is 5.82 Å². The van der Waals surface area contributed by atoms with Crippen LogP contribution in [0.25, 0.3) is 0 Å². The fraction of sp³-hybridized carbons (Fsp3) is 0.385. The largest absolute Gasteiger partial charge is 0.495 e. The Morgan fingerprint density at radius 3 is 2.72 bits per heavy atom. The predicted octanol–water partition coefficient (Wildman–Crippen LogP) is 2.56. The first-order chi connectivity index (χ1) is 18.5. The molecule has 2 N–H and O–H groups in total. The van der Waals surface area contributed by atoms with E-state index in [1.807, 2.05) is 10.3 Å². The molecule has 3 aromatic rings. The number of pyridine rings is 1. The van der Waals surface area contributed by atoms with Crippen molar-refractivity contribution in [1.82, 2.24) is 19.2 Å². The van der Waals surface area contributed by atoms with Crippen LogP contribution in [0.3, 0.4) is 0 Å². The second-order valence-electron chi connectivity index (χ2n) is 9.95. The fourth-order valence-corrected chi connectivity index (χ4v) is 8.20. The Kier molecular flexibility index (Phi) is 6.93. The summed E-state index contributed by atoms with van der Waals surface area (Å²) in [5, 5.41) is 1.92. The van der Waals surface area contributed by atoms with Gasteiger partial charge in [0, 0.05) is 44.0 Å². The van der Waals surface area contributed by atoms with E-state index in [4.69, 9.17) is 10.5 Å². The summed E-state index contributed by atoms with van der Waals surface area (Å²) >= 11 is 1.47. The number of likely N-dealkylation sites (tertiary alicyclic amines) is 1. The Bertz CT molecular complexity index is 1530. The number of thiazole rings is 1. The van der Waals surface area contributed by atoms with Gasteiger partial charge in [-0.25, -0.2) is 32.1 Å². The summed E-state index contributed by atoms with van der Waals surface area (Å²) < 4.78 is 48.2. The quantitative estimate of drug-likeness (QED) is 0.428. The fourth-order valence-electron chi connectivity index (χ4n) is 5.49. The van der Waals surface area contributed by atoms with Gasteiger partial charge in [0.1, 0.15) is 27.5 Å². The van der Waals surface area contributed by atoms with Gasteiger partial charge in [-0.15, -0.1) is 11.3 Å². The van der Waals surface area contributed by atoms with Gasteiger partial charge in [0.15, 0.2) is 5.78 Å². The number of aliphatic imine (C=N–C) groups is 1. The van der Waals surface area contributed by atoms with Crippen LogP contribution in [-0.4, -0.2) is 71.3 Å². The Morgan fingerprint density at radius 2 is 2.05 bits per heavy atom. The van der Waals surface area contributed by atoms with Crippen LogP contribution in [0.15, 0.2) is 52.4 Å². The Labute approximate surface area is 230 Å². The second kappa shape index (κ2) is 9.96. The molecule has 4 heterocycles. The monoisotopic (exact) mass is 572 g/mol. The van der Waals surface area contributed by atoms with Crippen LogP contribution in [0.4, 0.5) is 4.39 Å². The lowest BCUT2D eigenvalue weighted by Crippen LogP contribution is -2.66. The maximum Gasteiger partial charge on any atom is 0.247 e. The molecule has 0 unspecified atom stereocenters. The lowest BCUT2D eigenvalue weighted by atomic mass is 9.77. The van der Waals surface area contributed by atoms with E-state index in [2.05, 4.69) is 15.0 Å². The molecule has 1 spiro atoms. The molecule has 2 atom stereocenters. The van der Waals surface area contributed by atoms with Gasteiger partial charge in [-0.3, -0.25) is 9.69 Å². The average molecular weight is 573 g/mol. The lowest BCUT2D eigenvalue weighted by molar-refractivity contribution is 0.0988. The summed E-state index contributed by atoms with van der Waals surface area (Å²) in [6, 6.07) is 7.48. The van der Waals surface area contributed by atoms with Gasteiger partial charge in [0.2, 0.25) is 16.0 Å². The van der Waals surface area contributed by atoms with Crippen LogP contribution in [0.2, 0.25) is 0 Å². The normalized spacial score (nSPS) is 24.6. The maximum atomic E-state index is 15.6. The summed E-state index contributed by atoms with van der Waals surface area (Å²) in [5.41, 5.74) is 7.94. The molecule has 0 saturated carbocycles. The molecule has 39 heavy (non-hydrogen) atoms. The van der Waals surface area contributed by atoms with Crippen LogP contribution >= 0.6 is 11.3 Å². The topological polar surface area (TPSA) is 131 Å². The lowest BCUT2D eigenvalue weighted by Gasteiger charge is -2.48. The number of guanidine groups is 1. The number of ketones is 1. The smallest absolute Gasteiger partial charge is 0.247 e.